The molecular weight excluding hydrogens is 384 g/mol. The van der Waals surface area contributed by atoms with Crippen LogP contribution in [0.1, 0.15) is 35.7 Å². The van der Waals surface area contributed by atoms with Crippen LogP contribution in [0.15, 0.2) is 18.2 Å². The molecule has 0 bridgehead atoms. The second-order valence-corrected chi connectivity index (χ2v) is 6.81. The predicted octanol–water partition coefficient (Wildman–Crippen LogP) is 3.40. The Morgan fingerprint density at radius 3 is 2.70 bits per heavy atom. The molecule has 0 atom stereocenters. The molecule has 0 amide bonds. The summed E-state index contributed by atoms with van der Waals surface area (Å²) in [5, 5.41) is 14.2. The quantitative estimate of drug-likeness (QED) is 0.436. The van der Waals surface area contributed by atoms with Gasteiger partial charge in [0.25, 0.3) is 0 Å². The van der Waals surface area contributed by atoms with Crippen LogP contribution in [0.5, 0.6) is 17.4 Å². The highest BCUT2D eigenvalue weighted by Gasteiger charge is 2.19. The minimum atomic E-state index is -0.391. The minimum Gasteiger partial charge on any atom is -0.490 e. The number of aromatic nitrogens is 3. The third-order valence-electron chi connectivity index (χ3n) is 4.89. The van der Waals surface area contributed by atoms with E-state index in [1.165, 1.54) is 0 Å². The van der Waals surface area contributed by atoms with Crippen LogP contribution in [0.3, 0.4) is 0 Å². The van der Waals surface area contributed by atoms with Gasteiger partial charge in [0.2, 0.25) is 5.88 Å². The zero-order chi connectivity index (χ0) is 21.8. The van der Waals surface area contributed by atoms with Gasteiger partial charge in [0.15, 0.2) is 17.1 Å². The van der Waals surface area contributed by atoms with Gasteiger partial charge in [-0.15, -0.1) is 5.10 Å². The Balaban J connectivity index is 1.80. The molecule has 0 aliphatic heterocycles. The Kier molecular flexibility index (Phi) is 6.21. The second-order valence-electron chi connectivity index (χ2n) is 6.81. The maximum absolute atomic E-state index is 12.5. The summed E-state index contributed by atoms with van der Waals surface area (Å²) in [6, 6.07) is 6.77. The number of pyridine rings is 1. The number of nitrogens with zero attached hydrogens (tertiary/aromatic N) is 4. The summed E-state index contributed by atoms with van der Waals surface area (Å²) >= 11 is 0. The van der Waals surface area contributed by atoms with Crippen LogP contribution >= 0.6 is 0 Å². The number of benzene rings is 1. The molecule has 156 valence electrons. The van der Waals surface area contributed by atoms with Crippen molar-refractivity contribution in [2.45, 2.75) is 33.6 Å². The number of esters is 1. The monoisotopic (exact) mass is 408 g/mol. The van der Waals surface area contributed by atoms with Gasteiger partial charge in [0.05, 0.1) is 37.2 Å². The van der Waals surface area contributed by atoms with E-state index in [0.29, 0.717) is 36.0 Å². The average Bonchev–Trinajstić information content (AvgIpc) is 3.05. The van der Waals surface area contributed by atoms with Gasteiger partial charge in [-0.25, -0.2) is 9.67 Å². The molecule has 0 saturated heterocycles. The fraction of sp³-hybridized carbons (Fsp3) is 0.364. The molecule has 0 unspecified atom stereocenters. The van der Waals surface area contributed by atoms with E-state index in [1.807, 2.05) is 33.9 Å². The molecule has 2 aromatic heterocycles. The zero-order valence-electron chi connectivity index (χ0n) is 17.8. The van der Waals surface area contributed by atoms with Gasteiger partial charge in [-0.2, -0.15) is 5.26 Å². The fourth-order valence-electron chi connectivity index (χ4n) is 3.44. The lowest BCUT2D eigenvalue weighted by Crippen LogP contribution is -2.11. The fourth-order valence-corrected chi connectivity index (χ4v) is 3.44. The summed E-state index contributed by atoms with van der Waals surface area (Å²) in [6.45, 7) is 6.12. The molecular formula is C22H24N4O4. The molecule has 8 heteroatoms. The number of hydrogen-bond acceptors (Lipinski definition) is 7. The Morgan fingerprint density at radius 1 is 1.27 bits per heavy atom. The van der Waals surface area contributed by atoms with Crippen LogP contribution in [0.2, 0.25) is 0 Å². The van der Waals surface area contributed by atoms with Gasteiger partial charge >= 0.3 is 5.97 Å². The average molecular weight is 408 g/mol. The lowest BCUT2D eigenvalue weighted by atomic mass is 10.0. The van der Waals surface area contributed by atoms with Gasteiger partial charge in [-0.3, -0.25) is 4.79 Å². The molecule has 3 rings (SSSR count). The van der Waals surface area contributed by atoms with Crippen molar-refractivity contribution in [2.24, 2.45) is 7.05 Å². The van der Waals surface area contributed by atoms with Crippen molar-refractivity contribution in [1.29, 1.82) is 5.26 Å². The number of fused-ring (bicyclic) bond motifs is 1. The summed E-state index contributed by atoms with van der Waals surface area (Å²) in [5.41, 5.74) is 3.98. The molecule has 0 aliphatic carbocycles. The number of rotatable bonds is 7. The number of ether oxygens (including phenoxy) is 3. The number of carbonyl (C=O) groups excluding carboxylic acids is 1. The first-order valence-corrected chi connectivity index (χ1v) is 9.64. The van der Waals surface area contributed by atoms with Crippen molar-refractivity contribution in [3.63, 3.8) is 0 Å². The summed E-state index contributed by atoms with van der Waals surface area (Å²) in [7, 11) is 3.40. The molecule has 3 aromatic rings. The van der Waals surface area contributed by atoms with Crippen molar-refractivity contribution < 1.29 is 19.0 Å². The molecule has 0 radical (unpaired) electrons. The SMILES string of the molecule is CCOc1cc(C#N)ccc1OC(=O)CCc1c(C)nc2c(c(OC)nn2C)c1C. The predicted molar refractivity (Wildman–Crippen MR) is 111 cm³/mol. The molecule has 0 N–H and O–H groups in total. The third kappa shape index (κ3) is 4.06. The maximum atomic E-state index is 12.5. The van der Waals surface area contributed by atoms with Crippen molar-refractivity contribution in [2.75, 3.05) is 13.7 Å². The van der Waals surface area contributed by atoms with Crippen molar-refractivity contribution >= 4 is 17.0 Å². The van der Waals surface area contributed by atoms with Crippen LogP contribution in [0.4, 0.5) is 0 Å². The standard InChI is InChI=1S/C22H24N4O4/c1-6-29-18-11-15(12-23)7-9-17(18)30-19(27)10-8-16-13(2)20-21(24-14(16)3)26(4)25-22(20)28-5/h7,9,11H,6,8,10H2,1-5H3. The third-order valence-corrected chi connectivity index (χ3v) is 4.89. The van der Waals surface area contributed by atoms with Gasteiger partial charge in [0, 0.05) is 18.8 Å². The molecule has 0 fully saturated rings. The van der Waals surface area contributed by atoms with E-state index < -0.39 is 5.97 Å². The zero-order valence-corrected chi connectivity index (χ0v) is 17.8. The van der Waals surface area contributed by atoms with Crippen molar-refractivity contribution in [3.05, 3.63) is 40.6 Å². The lowest BCUT2D eigenvalue weighted by Gasteiger charge is -2.13. The van der Waals surface area contributed by atoms with Crippen LogP contribution in [0.25, 0.3) is 11.0 Å². The molecule has 30 heavy (non-hydrogen) atoms. The van der Waals surface area contributed by atoms with Crippen LogP contribution in [-0.2, 0) is 18.3 Å². The summed E-state index contributed by atoms with van der Waals surface area (Å²) in [6.07, 6.45) is 0.640. The number of carbonyl (C=O) groups is 1. The van der Waals surface area contributed by atoms with Crippen molar-refractivity contribution in [3.8, 4) is 23.4 Å². The highest BCUT2D eigenvalue weighted by molar-refractivity contribution is 5.86. The number of methoxy groups -OCH3 is 1. The summed E-state index contributed by atoms with van der Waals surface area (Å²) < 4.78 is 18.1. The summed E-state index contributed by atoms with van der Waals surface area (Å²) in [5.74, 6) is 0.801. The second kappa shape index (κ2) is 8.82. The largest absolute Gasteiger partial charge is 0.490 e. The molecule has 0 spiro atoms. The highest BCUT2D eigenvalue weighted by atomic mass is 16.6. The maximum Gasteiger partial charge on any atom is 0.311 e. The van der Waals surface area contributed by atoms with Crippen LogP contribution in [-0.4, -0.2) is 34.5 Å². The van der Waals surface area contributed by atoms with Gasteiger partial charge in [-0.1, -0.05) is 0 Å². The van der Waals surface area contributed by atoms with Crippen molar-refractivity contribution in [1.82, 2.24) is 14.8 Å². The van der Waals surface area contributed by atoms with E-state index in [0.717, 1.165) is 27.9 Å². The Bertz CT molecular complexity index is 1140. The first-order chi connectivity index (χ1) is 14.4. The smallest absolute Gasteiger partial charge is 0.311 e. The van der Waals surface area contributed by atoms with E-state index in [9.17, 15) is 4.79 Å². The highest BCUT2D eigenvalue weighted by Crippen LogP contribution is 2.31. The topological polar surface area (TPSA) is 99.3 Å². The van der Waals surface area contributed by atoms with E-state index >= 15 is 0 Å². The summed E-state index contributed by atoms with van der Waals surface area (Å²) in [4.78, 5) is 17.1. The normalized spacial score (nSPS) is 10.7. The lowest BCUT2D eigenvalue weighted by molar-refractivity contribution is -0.134. The van der Waals surface area contributed by atoms with Gasteiger partial charge in [-0.05, 0) is 50.5 Å². The number of nitriles is 1. The van der Waals surface area contributed by atoms with Gasteiger partial charge < -0.3 is 14.2 Å². The molecule has 2 heterocycles. The van der Waals surface area contributed by atoms with E-state index in [4.69, 9.17) is 19.5 Å². The van der Waals surface area contributed by atoms with E-state index in [1.54, 1.807) is 30.0 Å². The Morgan fingerprint density at radius 2 is 2.03 bits per heavy atom. The van der Waals surface area contributed by atoms with E-state index in [2.05, 4.69) is 10.1 Å². The minimum absolute atomic E-state index is 0.170. The van der Waals surface area contributed by atoms with E-state index in [-0.39, 0.29) is 6.42 Å². The van der Waals surface area contributed by atoms with Crippen LogP contribution in [0, 0.1) is 25.2 Å². The Hall–Kier alpha value is -3.60. The van der Waals surface area contributed by atoms with Crippen LogP contribution < -0.4 is 14.2 Å². The number of hydrogen-bond donors (Lipinski definition) is 0. The van der Waals surface area contributed by atoms with Gasteiger partial charge in [0.1, 0.15) is 0 Å². The Labute approximate surface area is 175 Å². The molecule has 1 aromatic carbocycles. The molecule has 0 saturated carbocycles. The first kappa shape index (κ1) is 21.1. The molecule has 8 nitrogen and oxygen atoms in total. The first-order valence-electron chi connectivity index (χ1n) is 9.64. The molecule has 0 aliphatic rings. The number of aryl methyl sites for hydroxylation is 3.